The van der Waals surface area contributed by atoms with E-state index in [1.54, 1.807) is 18.9 Å². The minimum atomic E-state index is -0.293. The second kappa shape index (κ2) is 9.46. The van der Waals surface area contributed by atoms with Crippen LogP contribution in [-0.4, -0.2) is 61.7 Å². The minimum Gasteiger partial charge on any atom is -0.496 e. The minimum absolute atomic E-state index is 0.0931. The average Bonchev–Trinajstić information content (AvgIpc) is 2.88. The molecule has 1 heterocycles. The summed E-state index contributed by atoms with van der Waals surface area (Å²) >= 11 is 0. The highest BCUT2D eigenvalue weighted by molar-refractivity contribution is 5.79. The van der Waals surface area contributed by atoms with Gasteiger partial charge in [-0.15, -0.1) is 0 Å². The molecule has 1 saturated heterocycles. The molecule has 0 spiro atoms. The molecule has 0 atom stereocenters. The van der Waals surface area contributed by atoms with Crippen LogP contribution in [0.5, 0.6) is 5.75 Å². The van der Waals surface area contributed by atoms with Crippen molar-refractivity contribution in [3.8, 4) is 5.75 Å². The molecule has 2 rings (SSSR count). The number of hydrogen-bond donors (Lipinski definition) is 0. The van der Waals surface area contributed by atoms with E-state index in [4.69, 9.17) is 9.47 Å². The number of benzene rings is 1. The molecule has 6 nitrogen and oxygen atoms in total. The molecule has 6 heteroatoms. The second-order valence-corrected chi connectivity index (χ2v) is 6.83. The fourth-order valence-electron chi connectivity index (χ4n) is 3.20. The molecular weight excluding hydrogens is 332 g/mol. The van der Waals surface area contributed by atoms with Gasteiger partial charge in [-0.25, -0.2) is 4.79 Å². The lowest BCUT2D eigenvalue weighted by atomic mass is 9.98. The first kappa shape index (κ1) is 20.1. The summed E-state index contributed by atoms with van der Waals surface area (Å²) in [6.45, 7) is 8.75. The Kier molecular flexibility index (Phi) is 7.30. The fraction of sp³-hybridized carbons (Fsp3) is 0.600. The Bertz CT molecular complexity index is 630. The molecule has 26 heavy (non-hydrogen) atoms. The molecule has 1 aliphatic rings. The van der Waals surface area contributed by atoms with Crippen molar-refractivity contribution < 1.29 is 19.1 Å². The number of methoxy groups -OCH3 is 1. The highest BCUT2D eigenvalue weighted by Crippen LogP contribution is 2.27. The van der Waals surface area contributed by atoms with Gasteiger partial charge < -0.3 is 19.3 Å². The molecule has 1 aromatic rings. The van der Waals surface area contributed by atoms with Crippen molar-refractivity contribution in [1.82, 2.24) is 9.80 Å². The first-order chi connectivity index (χ1) is 12.5. The number of carbonyl (C=O) groups excluding carboxylic acids is 2. The Labute approximate surface area is 156 Å². The van der Waals surface area contributed by atoms with Gasteiger partial charge in [0.05, 0.1) is 20.1 Å². The van der Waals surface area contributed by atoms with Crippen molar-refractivity contribution in [2.24, 2.45) is 0 Å². The van der Waals surface area contributed by atoms with Crippen LogP contribution in [0.25, 0.3) is 0 Å². The summed E-state index contributed by atoms with van der Waals surface area (Å²) in [5.74, 6) is 1.28. The Morgan fingerprint density at radius 3 is 2.46 bits per heavy atom. The number of nitrogens with zero attached hydrogens (tertiary/aromatic N) is 2. The molecule has 0 aliphatic carbocycles. The fourth-order valence-corrected chi connectivity index (χ4v) is 3.20. The van der Waals surface area contributed by atoms with E-state index in [1.165, 1.54) is 0 Å². The van der Waals surface area contributed by atoms with Crippen LogP contribution in [0.2, 0.25) is 0 Å². The van der Waals surface area contributed by atoms with Crippen molar-refractivity contribution >= 4 is 12.0 Å². The van der Waals surface area contributed by atoms with Crippen molar-refractivity contribution in [2.45, 2.75) is 39.5 Å². The summed E-state index contributed by atoms with van der Waals surface area (Å²) in [6, 6.07) is 5.94. The summed E-state index contributed by atoms with van der Waals surface area (Å²) in [7, 11) is 1.67. The van der Waals surface area contributed by atoms with Crippen LogP contribution in [-0.2, 0) is 16.0 Å². The third-order valence-electron chi connectivity index (χ3n) is 4.65. The normalized spacial score (nSPS) is 15.0. The highest BCUT2D eigenvalue weighted by Gasteiger charge is 2.23. The zero-order chi connectivity index (χ0) is 19.1. The summed E-state index contributed by atoms with van der Waals surface area (Å²) in [5.41, 5.74) is 2.10. The summed E-state index contributed by atoms with van der Waals surface area (Å²) < 4.78 is 10.5. The monoisotopic (exact) mass is 362 g/mol. The topological polar surface area (TPSA) is 59.1 Å². The second-order valence-electron chi connectivity index (χ2n) is 6.83. The molecule has 0 aromatic heterocycles. The standard InChI is InChI=1S/C20H30N2O4/c1-5-26-20(24)22-10-6-9-21(11-12-22)19(23)14-16-7-8-18(25-4)17(13-16)15(2)3/h7-8,13,15H,5-6,9-12,14H2,1-4H3. The van der Waals surface area contributed by atoms with Gasteiger partial charge in [-0.3, -0.25) is 4.79 Å². The summed E-state index contributed by atoms with van der Waals surface area (Å²) in [6.07, 6.45) is 0.839. The Morgan fingerprint density at radius 1 is 1.12 bits per heavy atom. The number of carbonyl (C=O) groups is 2. The Balaban J connectivity index is 1.99. The van der Waals surface area contributed by atoms with Crippen LogP contribution in [0.4, 0.5) is 4.79 Å². The Morgan fingerprint density at radius 2 is 1.81 bits per heavy atom. The number of ether oxygens (including phenoxy) is 2. The molecule has 1 aliphatic heterocycles. The van der Waals surface area contributed by atoms with E-state index in [9.17, 15) is 9.59 Å². The van der Waals surface area contributed by atoms with Crippen LogP contribution in [0.3, 0.4) is 0 Å². The van der Waals surface area contributed by atoms with Gasteiger partial charge in [0.15, 0.2) is 0 Å². The maximum Gasteiger partial charge on any atom is 0.409 e. The molecule has 1 aromatic carbocycles. The maximum atomic E-state index is 12.7. The lowest BCUT2D eigenvalue weighted by Crippen LogP contribution is -2.38. The summed E-state index contributed by atoms with van der Waals surface area (Å²) in [5, 5.41) is 0. The van der Waals surface area contributed by atoms with Crippen LogP contribution >= 0.6 is 0 Å². The molecule has 0 N–H and O–H groups in total. The van der Waals surface area contributed by atoms with E-state index < -0.39 is 0 Å². The number of rotatable bonds is 5. The van der Waals surface area contributed by atoms with E-state index >= 15 is 0 Å². The molecule has 144 valence electrons. The predicted molar refractivity (Wildman–Crippen MR) is 101 cm³/mol. The molecule has 0 bridgehead atoms. The maximum absolute atomic E-state index is 12.7. The van der Waals surface area contributed by atoms with Gasteiger partial charge in [-0.2, -0.15) is 0 Å². The van der Waals surface area contributed by atoms with Crippen molar-refractivity contribution in [3.05, 3.63) is 29.3 Å². The highest BCUT2D eigenvalue weighted by atomic mass is 16.6. The van der Waals surface area contributed by atoms with E-state index in [1.807, 2.05) is 17.0 Å². The molecule has 2 amide bonds. The smallest absolute Gasteiger partial charge is 0.409 e. The number of amides is 2. The van der Waals surface area contributed by atoms with E-state index in [-0.39, 0.29) is 12.0 Å². The van der Waals surface area contributed by atoms with Gasteiger partial charge in [-0.05, 0) is 36.5 Å². The van der Waals surface area contributed by atoms with Crippen molar-refractivity contribution in [2.75, 3.05) is 39.9 Å². The predicted octanol–water partition coefficient (Wildman–Crippen LogP) is 3.05. The van der Waals surface area contributed by atoms with Crippen LogP contribution in [0, 0.1) is 0 Å². The van der Waals surface area contributed by atoms with Gasteiger partial charge in [0.1, 0.15) is 5.75 Å². The van der Waals surface area contributed by atoms with Crippen LogP contribution < -0.4 is 4.74 Å². The van der Waals surface area contributed by atoms with Crippen LogP contribution in [0.15, 0.2) is 18.2 Å². The zero-order valence-corrected chi connectivity index (χ0v) is 16.3. The van der Waals surface area contributed by atoms with Gasteiger partial charge in [0.25, 0.3) is 0 Å². The first-order valence-corrected chi connectivity index (χ1v) is 9.32. The average molecular weight is 362 g/mol. The van der Waals surface area contributed by atoms with Gasteiger partial charge in [0, 0.05) is 26.2 Å². The van der Waals surface area contributed by atoms with E-state index in [0.29, 0.717) is 45.1 Å². The molecule has 0 saturated carbocycles. The van der Waals surface area contributed by atoms with Crippen molar-refractivity contribution in [1.29, 1.82) is 0 Å². The lowest BCUT2D eigenvalue weighted by molar-refractivity contribution is -0.130. The summed E-state index contributed by atoms with van der Waals surface area (Å²) in [4.78, 5) is 28.1. The molecule has 1 fully saturated rings. The third kappa shape index (κ3) is 5.13. The van der Waals surface area contributed by atoms with Crippen LogP contribution in [0.1, 0.15) is 44.2 Å². The van der Waals surface area contributed by atoms with Gasteiger partial charge >= 0.3 is 6.09 Å². The van der Waals surface area contributed by atoms with Crippen molar-refractivity contribution in [3.63, 3.8) is 0 Å². The molecular formula is C20H30N2O4. The number of hydrogen-bond acceptors (Lipinski definition) is 4. The third-order valence-corrected chi connectivity index (χ3v) is 4.65. The van der Waals surface area contributed by atoms with E-state index in [2.05, 4.69) is 19.9 Å². The van der Waals surface area contributed by atoms with Gasteiger partial charge in [0.2, 0.25) is 5.91 Å². The zero-order valence-electron chi connectivity index (χ0n) is 16.3. The largest absolute Gasteiger partial charge is 0.496 e. The quantitative estimate of drug-likeness (QED) is 0.808. The van der Waals surface area contributed by atoms with Gasteiger partial charge in [-0.1, -0.05) is 26.0 Å². The SMILES string of the molecule is CCOC(=O)N1CCCN(C(=O)Cc2ccc(OC)c(C(C)C)c2)CC1. The lowest BCUT2D eigenvalue weighted by Gasteiger charge is -2.22. The molecule has 0 unspecified atom stereocenters. The molecule has 0 radical (unpaired) electrons. The van der Waals surface area contributed by atoms with E-state index in [0.717, 1.165) is 23.3 Å². The first-order valence-electron chi connectivity index (χ1n) is 9.32. The Hall–Kier alpha value is -2.24.